The van der Waals surface area contributed by atoms with Gasteiger partial charge in [0, 0.05) is 36.5 Å². The number of sulfone groups is 2. The van der Waals surface area contributed by atoms with Crippen molar-refractivity contribution in [2.24, 2.45) is 0 Å². The Hall–Kier alpha value is -9.86. The van der Waals surface area contributed by atoms with Crippen molar-refractivity contribution < 1.29 is 107 Å². The molecule has 2 aliphatic heterocycles. The van der Waals surface area contributed by atoms with E-state index < -0.39 is 193 Å². The number of anilines is 2. The van der Waals surface area contributed by atoms with Crippen LogP contribution in [0.2, 0.25) is 0 Å². The van der Waals surface area contributed by atoms with E-state index in [-0.39, 0.29) is 13.1 Å². The van der Waals surface area contributed by atoms with Gasteiger partial charge in [0.15, 0.2) is 19.7 Å². The SMILES string of the molecule is CC(C)(C)OC(=O)NC1CC(F)(F)c2cc(F)c(-c3nnc(C(C)(C)S(C)(=O)=O)o3)cc2N(Cc2ccc(-c3ccc(C(F)(F)F)cc3)cc2)C1=O.CC(C)(C)OC(=O)N[C@@H]1CC(F)(F)c2cc(F)c(-c3nnc(C(C)(C)S(C)(=O)=O)o3)cc2N(Cc2ccc(-c3ccc(C(F)(F)F)cc3)cc2)C1=O. The van der Waals surface area contributed by atoms with Crippen molar-refractivity contribution in [3.05, 3.63) is 178 Å². The van der Waals surface area contributed by atoms with Crippen molar-refractivity contribution in [3.8, 4) is 45.2 Å². The van der Waals surface area contributed by atoms with Gasteiger partial charge in [-0.1, -0.05) is 72.8 Å². The maximum Gasteiger partial charge on any atom is 0.416 e. The molecule has 0 fully saturated rings. The lowest BCUT2D eigenvalue weighted by Crippen LogP contribution is -2.49. The summed E-state index contributed by atoms with van der Waals surface area (Å²) in [6, 6.07) is 20.4. The molecule has 2 aromatic heterocycles. The number of nitrogens with one attached hydrogen (secondary N) is 2. The minimum atomic E-state index is -4.52. The molecule has 6 aromatic carbocycles. The van der Waals surface area contributed by atoms with Crippen LogP contribution in [0.25, 0.3) is 45.2 Å². The highest BCUT2D eigenvalue weighted by atomic mass is 32.2. The largest absolute Gasteiger partial charge is 0.444 e. The molecule has 2 aliphatic rings. The van der Waals surface area contributed by atoms with Crippen LogP contribution in [0.5, 0.6) is 0 Å². The first-order valence-electron chi connectivity index (χ1n) is 31.4. The van der Waals surface area contributed by atoms with Crippen LogP contribution in [0.3, 0.4) is 0 Å². The number of rotatable bonds is 14. The fraction of sp³-hybridized carbons (Fsp3) is 0.371. The van der Waals surface area contributed by atoms with E-state index in [0.717, 1.165) is 58.7 Å². The maximum absolute atomic E-state index is 16.0. The molecule has 4 amide bonds. The molecule has 0 saturated carbocycles. The summed E-state index contributed by atoms with van der Waals surface area (Å²) in [7, 11) is -7.62. The number of aromatic nitrogens is 4. The third kappa shape index (κ3) is 17.3. The van der Waals surface area contributed by atoms with Crippen LogP contribution < -0.4 is 20.4 Å². The van der Waals surface area contributed by atoms with Crippen molar-refractivity contribution in [2.45, 2.75) is 152 Å². The Kier molecular flexibility index (Phi) is 21.1. The van der Waals surface area contributed by atoms with Gasteiger partial charge in [0.25, 0.3) is 23.6 Å². The van der Waals surface area contributed by atoms with Crippen LogP contribution >= 0.6 is 0 Å². The molecule has 10 rings (SSSR count). The van der Waals surface area contributed by atoms with E-state index >= 15 is 26.3 Å². The van der Waals surface area contributed by atoms with Gasteiger partial charge in [-0.15, -0.1) is 20.4 Å². The molecule has 8 aromatic rings. The number of halogens is 12. The van der Waals surface area contributed by atoms with Gasteiger partial charge in [-0.3, -0.25) is 9.59 Å². The summed E-state index contributed by atoms with van der Waals surface area (Å²) in [4.78, 5) is 55.4. The zero-order valence-corrected chi connectivity index (χ0v) is 59.1. The molecule has 0 bridgehead atoms. The fourth-order valence-corrected chi connectivity index (χ4v) is 11.4. The predicted octanol–water partition coefficient (Wildman–Crippen LogP) is 15.5. The summed E-state index contributed by atoms with van der Waals surface area (Å²) < 4.78 is 241. The smallest absolute Gasteiger partial charge is 0.416 e. The molecular formula is C70H68F12N8O12S2. The van der Waals surface area contributed by atoms with E-state index in [4.69, 9.17) is 18.3 Å². The van der Waals surface area contributed by atoms with Crippen molar-refractivity contribution in [1.29, 1.82) is 0 Å². The highest BCUT2D eigenvalue weighted by molar-refractivity contribution is 7.91. The Bertz CT molecular complexity index is 4520. The molecule has 34 heteroatoms. The zero-order chi connectivity index (χ0) is 77.2. The summed E-state index contributed by atoms with van der Waals surface area (Å²) in [5.41, 5.74) is -4.78. The summed E-state index contributed by atoms with van der Waals surface area (Å²) in [5.74, 6) is -14.1. The quantitative estimate of drug-likeness (QED) is 0.0959. The number of hydrogen-bond acceptors (Lipinski definition) is 16. The maximum atomic E-state index is 16.0. The fourth-order valence-electron chi connectivity index (χ4n) is 10.6. The van der Waals surface area contributed by atoms with Gasteiger partial charge >= 0.3 is 24.5 Å². The molecule has 1 unspecified atom stereocenters. The highest BCUT2D eigenvalue weighted by Gasteiger charge is 2.50. The predicted molar refractivity (Wildman–Crippen MR) is 355 cm³/mol. The van der Waals surface area contributed by atoms with Gasteiger partial charge in [-0.05, 0) is 151 Å². The van der Waals surface area contributed by atoms with Crippen molar-refractivity contribution in [2.75, 3.05) is 22.3 Å². The van der Waals surface area contributed by atoms with Crippen molar-refractivity contribution in [1.82, 2.24) is 31.0 Å². The van der Waals surface area contributed by atoms with Crippen molar-refractivity contribution >= 4 is 55.1 Å². The van der Waals surface area contributed by atoms with E-state index in [1.807, 2.05) is 0 Å². The second-order valence-electron chi connectivity index (χ2n) is 27.7. The number of fused-ring (bicyclic) bond motifs is 2. The van der Waals surface area contributed by atoms with Crippen LogP contribution in [0.4, 0.5) is 73.6 Å². The average molecular weight is 1510 g/mol. The molecule has 104 heavy (non-hydrogen) atoms. The number of ether oxygens (including phenoxy) is 2. The lowest BCUT2D eigenvalue weighted by atomic mass is 9.99. The average Bonchev–Trinajstić information content (AvgIpc) is 1.58. The van der Waals surface area contributed by atoms with Gasteiger partial charge in [-0.2, -0.15) is 26.3 Å². The lowest BCUT2D eigenvalue weighted by Gasteiger charge is -2.27. The Balaban J connectivity index is 0.000000241. The lowest BCUT2D eigenvalue weighted by molar-refractivity contribution is -0.138. The molecule has 2 N–H and O–H groups in total. The number of alkyl halides is 10. The zero-order valence-electron chi connectivity index (χ0n) is 57.5. The molecule has 0 spiro atoms. The van der Waals surface area contributed by atoms with Crippen LogP contribution in [0.1, 0.15) is 127 Å². The number of amides is 4. The van der Waals surface area contributed by atoms with E-state index in [9.17, 15) is 62.4 Å². The molecule has 0 radical (unpaired) electrons. The Morgan fingerprint density at radius 2 is 0.779 bits per heavy atom. The minimum Gasteiger partial charge on any atom is -0.444 e. The van der Waals surface area contributed by atoms with Crippen LogP contribution in [0, 0.1) is 11.6 Å². The second-order valence-corrected chi connectivity index (χ2v) is 32.8. The number of alkyl carbamates (subject to hydrolysis) is 2. The third-order valence-electron chi connectivity index (χ3n) is 16.8. The summed E-state index contributed by atoms with van der Waals surface area (Å²) in [5, 5.41) is 19.4. The molecule has 2 atom stereocenters. The van der Waals surface area contributed by atoms with Crippen molar-refractivity contribution in [3.63, 3.8) is 0 Å². The summed E-state index contributed by atoms with van der Waals surface area (Å²) in [6.07, 6.45) is -12.0. The molecular weight excluding hydrogens is 1440 g/mol. The minimum absolute atomic E-state index is 0.372. The van der Waals surface area contributed by atoms with Crippen LogP contribution in [0.15, 0.2) is 130 Å². The van der Waals surface area contributed by atoms with Gasteiger partial charge < -0.3 is 38.7 Å². The summed E-state index contributed by atoms with van der Waals surface area (Å²) >= 11 is 0. The molecule has 0 saturated heterocycles. The number of carbonyl (C=O) groups excluding carboxylic acids is 4. The van der Waals surface area contributed by atoms with Gasteiger partial charge in [0.05, 0.1) is 46.7 Å². The third-order valence-corrected chi connectivity index (χ3v) is 20.9. The number of carbonyl (C=O) groups is 4. The first-order valence-corrected chi connectivity index (χ1v) is 35.2. The van der Waals surface area contributed by atoms with E-state index in [2.05, 4.69) is 31.0 Å². The van der Waals surface area contributed by atoms with E-state index in [1.54, 1.807) is 24.3 Å². The highest BCUT2D eigenvalue weighted by Crippen LogP contribution is 2.48. The Morgan fingerprint density at radius 3 is 1.05 bits per heavy atom. The molecule has 20 nitrogen and oxygen atoms in total. The topological polar surface area (TPSA) is 263 Å². The first kappa shape index (κ1) is 78.3. The van der Waals surface area contributed by atoms with E-state index in [1.165, 1.54) is 118 Å². The van der Waals surface area contributed by atoms with Gasteiger partial charge in [0.1, 0.15) is 44.4 Å². The Morgan fingerprint density at radius 1 is 0.490 bits per heavy atom. The normalized spacial score (nSPS) is 16.7. The standard InChI is InChI=1S/2C35H34F6N4O6S/c2*1-32(2,3)51-31(47)42-26-17-34(37,38)24-16-25(36)23(28-43-44-30(50-28)33(4,5)52(6,48)49)15-27(24)45(29(26)46)18-19-7-9-20(10-8-19)21-11-13-22(14-12-21)35(39,40)41/h2*7-16,26H,17-18H2,1-6H3,(H,42,47)/t26-;/m1./s1. The molecule has 4 heterocycles. The Labute approximate surface area is 588 Å². The van der Waals surface area contributed by atoms with E-state index in [0.29, 0.717) is 45.5 Å². The van der Waals surface area contributed by atoms with Crippen LogP contribution in [-0.4, -0.2) is 97.0 Å². The van der Waals surface area contributed by atoms with Crippen LogP contribution in [-0.2, 0) is 85.5 Å². The number of benzene rings is 6. The molecule has 556 valence electrons. The second kappa shape index (κ2) is 28.0. The number of nitrogens with zero attached hydrogens (tertiary/aromatic N) is 6. The number of hydrogen-bond donors (Lipinski definition) is 2. The van der Waals surface area contributed by atoms with Gasteiger partial charge in [0.2, 0.25) is 23.6 Å². The molecule has 0 aliphatic carbocycles. The first-order chi connectivity index (χ1) is 47.7. The van der Waals surface area contributed by atoms with Gasteiger partial charge in [-0.25, -0.2) is 52.8 Å². The monoisotopic (exact) mass is 1500 g/mol. The summed E-state index contributed by atoms with van der Waals surface area (Å²) in [6.45, 7) is 13.6.